The molecule has 0 aliphatic carbocycles. The highest BCUT2D eigenvalue weighted by atomic mass is 19.1. The van der Waals surface area contributed by atoms with Gasteiger partial charge in [-0.1, -0.05) is 6.07 Å². The molecule has 0 amide bonds. The van der Waals surface area contributed by atoms with Crippen molar-refractivity contribution in [1.29, 1.82) is 0 Å². The molecule has 0 aliphatic rings. The molecule has 0 atom stereocenters. The average molecular weight is 349 g/mol. The fraction of sp³-hybridized carbons (Fsp3) is 0.0526. The Morgan fingerprint density at radius 3 is 2.58 bits per heavy atom. The minimum atomic E-state index is -0.624. The number of rotatable bonds is 3. The van der Waals surface area contributed by atoms with E-state index < -0.39 is 11.6 Å². The Morgan fingerprint density at radius 2 is 1.85 bits per heavy atom. The van der Waals surface area contributed by atoms with E-state index in [0.717, 1.165) is 11.5 Å². The maximum absolute atomic E-state index is 14.1. The smallest absolute Gasteiger partial charge is 0.182 e. The molecule has 2 aromatic heterocycles. The summed E-state index contributed by atoms with van der Waals surface area (Å²) in [6, 6.07) is 8.81. The quantitative estimate of drug-likeness (QED) is 0.604. The van der Waals surface area contributed by atoms with Crippen LogP contribution in [0.25, 0.3) is 33.5 Å². The summed E-state index contributed by atoms with van der Waals surface area (Å²) in [7, 11) is 1.76. The summed E-state index contributed by atoms with van der Waals surface area (Å²) in [5, 5.41) is 3.82. The van der Waals surface area contributed by atoms with E-state index in [1.54, 1.807) is 43.8 Å². The summed E-state index contributed by atoms with van der Waals surface area (Å²) in [4.78, 5) is 17.3. The number of hydrogen-bond donors (Lipinski definition) is 1. The van der Waals surface area contributed by atoms with Gasteiger partial charge >= 0.3 is 0 Å². The predicted octanol–water partition coefficient (Wildman–Crippen LogP) is 4.07. The van der Waals surface area contributed by atoms with Crippen LogP contribution in [0.2, 0.25) is 0 Å². The highest BCUT2D eigenvalue weighted by Crippen LogP contribution is 2.30. The Hall–Kier alpha value is -3.48. The molecule has 7 heteroatoms. The summed E-state index contributed by atoms with van der Waals surface area (Å²) < 4.78 is 27.3. The van der Waals surface area contributed by atoms with Gasteiger partial charge in [-0.2, -0.15) is 0 Å². The van der Waals surface area contributed by atoms with Crippen molar-refractivity contribution in [3.8, 4) is 22.6 Å². The molecule has 2 heterocycles. The van der Waals surface area contributed by atoms with Gasteiger partial charge in [-0.25, -0.2) is 23.7 Å². The zero-order valence-corrected chi connectivity index (χ0v) is 13.7. The zero-order valence-electron chi connectivity index (χ0n) is 13.7. The third-order valence-electron chi connectivity index (χ3n) is 3.97. The van der Waals surface area contributed by atoms with Gasteiger partial charge in [0.05, 0.1) is 11.7 Å². The van der Waals surface area contributed by atoms with Crippen LogP contribution in [0, 0.1) is 11.6 Å². The summed E-state index contributed by atoms with van der Waals surface area (Å²) in [5.41, 5.74) is 2.05. The van der Waals surface area contributed by atoms with Crippen LogP contribution in [0.3, 0.4) is 0 Å². The van der Waals surface area contributed by atoms with Crippen molar-refractivity contribution in [2.45, 2.75) is 0 Å². The predicted molar refractivity (Wildman–Crippen MR) is 95.5 cm³/mol. The van der Waals surface area contributed by atoms with Crippen LogP contribution in [-0.2, 0) is 0 Å². The lowest BCUT2D eigenvalue weighted by molar-refractivity contribution is 0.585. The molecule has 0 saturated heterocycles. The molecule has 26 heavy (non-hydrogen) atoms. The second-order valence-electron chi connectivity index (χ2n) is 5.59. The lowest BCUT2D eigenvalue weighted by atomic mass is 10.0. The maximum atomic E-state index is 14.1. The third-order valence-corrected chi connectivity index (χ3v) is 3.97. The van der Waals surface area contributed by atoms with E-state index in [1.165, 1.54) is 12.1 Å². The Morgan fingerprint density at radius 1 is 0.962 bits per heavy atom. The van der Waals surface area contributed by atoms with Gasteiger partial charge in [-0.3, -0.25) is 4.98 Å². The maximum Gasteiger partial charge on any atom is 0.182 e. The fourth-order valence-electron chi connectivity index (χ4n) is 2.74. The van der Waals surface area contributed by atoms with Gasteiger partial charge in [0.2, 0.25) is 0 Å². The molecule has 0 spiro atoms. The van der Waals surface area contributed by atoms with E-state index >= 15 is 0 Å². The standard InChI is InChI=1S/C19H13F2N5/c1-22-18-14-4-2-11(13-5-3-12(20)9-15(13)21)8-16(14)25-19(26-18)17-10-23-6-7-24-17/h2-10H,1H3,(H,22,25,26). The van der Waals surface area contributed by atoms with E-state index in [4.69, 9.17) is 0 Å². The van der Waals surface area contributed by atoms with E-state index in [0.29, 0.717) is 34.0 Å². The second-order valence-corrected chi connectivity index (χ2v) is 5.59. The van der Waals surface area contributed by atoms with Crippen LogP contribution < -0.4 is 5.32 Å². The normalized spacial score (nSPS) is 10.9. The molecule has 0 aliphatic heterocycles. The average Bonchev–Trinajstić information content (AvgIpc) is 2.67. The lowest BCUT2D eigenvalue weighted by Gasteiger charge is -2.10. The van der Waals surface area contributed by atoms with Gasteiger partial charge < -0.3 is 5.32 Å². The Labute approximate surface area is 147 Å². The summed E-state index contributed by atoms with van der Waals surface area (Å²) >= 11 is 0. The second kappa shape index (κ2) is 6.44. The molecular formula is C19H13F2N5. The van der Waals surface area contributed by atoms with Crippen LogP contribution in [0.15, 0.2) is 55.0 Å². The molecule has 0 bridgehead atoms. The van der Waals surface area contributed by atoms with Crippen molar-refractivity contribution >= 4 is 16.7 Å². The lowest BCUT2D eigenvalue weighted by Crippen LogP contribution is -2.00. The van der Waals surface area contributed by atoms with Crippen molar-refractivity contribution < 1.29 is 8.78 Å². The summed E-state index contributed by atoms with van der Waals surface area (Å²) in [6.07, 6.45) is 4.70. The van der Waals surface area contributed by atoms with Crippen molar-refractivity contribution in [2.24, 2.45) is 0 Å². The number of anilines is 1. The van der Waals surface area contributed by atoms with E-state index in [-0.39, 0.29) is 0 Å². The number of nitrogens with zero attached hydrogens (tertiary/aromatic N) is 4. The van der Waals surface area contributed by atoms with Gasteiger partial charge in [0, 0.05) is 36.5 Å². The Kier molecular flexibility index (Phi) is 3.96. The zero-order chi connectivity index (χ0) is 18.1. The van der Waals surface area contributed by atoms with E-state index in [1.807, 2.05) is 0 Å². The fourth-order valence-corrected chi connectivity index (χ4v) is 2.74. The van der Waals surface area contributed by atoms with Gasteiger partial charge in [0.25, 0.3) is 0 Å². The first-order chi connectivity index (χ1) is 12.7. The molecule has 0 unspecified atom stereocenters. The number of hydrogen-bond acceptors (Lipinski definition) is 5. The monoisotopic (exact) mass is 349 g/mol. The molecule has 2 aromatic carbocycles. The van der Waals surface area contributed by atoms with Gasteiger partial charge in [-0.05, 0) is 29.8 Å². The first-order valence-electron chi connectivity index (χ1n) is 7.87. The van der Waals surface area contributed by atoms with Crippen LogP contribution in [0.5, 0.6) is 0 Å². The van der Waals surface area contributed by atoms with Crippen LogP contribution in [-0.4, -0.2) is 27.0 Å². The Balaban J connectivity index is 1.91. The van der Waals surface area contributed by atoms with Crippen molar-refractivity contribution in [2.75, 3.05) is 12.4 Å². The molecule has 0 saturated carbocycles. The minimum Gasteiger partial charge on any atom is -0.373 e. The number of aromatic nitrogens is 4. The van der Waals surface area contributed by atoms with E-state index in [9.17, 15) is 8.78 Å². The third kappa shape index (κ3) is 2.83. The van der Waals surface area contributed by atoms with Crippen LogP contribution in [0.1, 0.15) is 0 Å². The van der Waals surface area contributed by atoms with Crippen molar-refractivity contribution in [3.63, 3.8) is 0 Å². The SMILES string of the molecule is CNc1nc(-c2cnccn2)nc2cc(-c3ccc(F)cc3F)ccc12. The van der Waals surface area contributed by atoms with Gasteiger partial charge in [-0.15, -0.1) is 0 Å². The van der Waals surface area contributed by atoms with E-state index in [2.05, 4.69) is 25.3 Å². The first-order valence-corrected chi connectivity index (χ1v) is 7.87. The van der Waals surface area contributed by atoms with Gasteiger partial charge in [0.1, 0.15) is 23.1 Å². The van der Waals surface area contributed by atoms with Crippen LogP contribution >= 0.6 is 0 Å². The molecule has 128 valence electrons. The molecule has 4 aromatic rings. The molecule has 4 rings (SSSR count). The topological polar surface area (TPSA) is 63.6 Å². The minimum absolute atomic E-state index is 0.305. The summed E-state index contributed by atoms with van der Waals surface area (Å²) in [6.45, 7) is 0. The molecule has 0 fully saturated rings. The highest BCUT2D eigenvalue weighted by Gasteiger charge is 2.12. The van der Waals surface area contributed by atoms with Crippen molar-refractivity contribution in [1.82, 2.24) is 19.9 Å². The highest BCUT2D eigenvalue weighted by molar-refractivity contribution is 5.93. The summed E-state index contributed by atoms with van der Waals surface area (Å²) in [5.74, 6) is -0.202. The molecular weight excluding hydrogens is 336 g/mol. The van der Waals surface area contributed by atoms with Crippen LogP contribution in [0.4, 0.5) is 14.6 Å². The van der Waals surface area contributed by atoms with Gasteiger partial charge in [0.15, 0.2) is 5.82 Å². The largest absolute Gasteiger partial charge is 0.373 e. The number of fused-ring (bicyclic) bond motifs is 1. The molecule has 0 radical (unpaired) electrons. The first kappa shape index (κ1) is 16.0. The number of benzene rings is 2. The number of nitrogens with one attached hydrogen (secondary N) is 1. The molecule has 1 N–H and O–H groups in total. The molecule has 5 nitrogen and oxygen atoms in total. The Bertz CT molecular complexity index is 1100. The number of halogens is 2. The van der Waals surface area contributed by atoms with Crippen molar-refractivity contribution in [3.05, 3.63) is 66.6 Å².